The van der Waals surface area contributed by atoms with Crippen molar-refractivity contribution in [3.63, 3.8) is 0 Å². The summed E-state index contributed by atoms with van der Waals surface area (Å²) >= 11 is 0. The third kappa shape index (κ3) is 7.79. The van der Waals surface area contributed by atoms with Crippen LogP contribution in [0, 0.1) is 0 Å². The number of carbonyl (C=O) groups is 2. The van der Waals surface area contributed by atoms with E-state index in [0.717, 1.165) is 38.4 Å². The van der Waals surface area contributed by atoms with Gasteiger partial charge in [0.1, 0.15) is 43.5 Å². The lowest BCUT2D eigenvalue weighted by Gasteiger charge is -2.14. The molecule has 0 aliphatic heterocycles. The lowest BCUT2D eigenvalue weighted by Crippen LogP contribution is -2.07. The molecule has 0 unspecified atom stereocenters. The summed E-state index contributed by atoms with van der Waals surface area (Å²) in [6, 6.07) is 26.3. The quantitative estimate of drug-likeness (QED) is 0.0735. The number of methoxy groups -OCH3 is 2. The van der Waals surface area contributed by atoms with Gasteiger partial charge in [-0.05, 0) is 80.7 Å². The van der Waals surface area contributed by atoms with Crippen LogP contribution in [0.1, 0.15) is 43.0 Å². The Bertz CT molecular complexity index is 1830. The number of ether oxygens (including phenoxy) is 4. The van der Waals surface area contributed by atoms with Gasteiger partial charge in [-0.25, -0.2) is 29.1 Å². The predicted molar refractivity (Wildman–Crippen MR) is 169 cm³/mol. The van der Waals surface area contributed by atoms with E-state index < -0.39 is 11.9 Å². The first kappa shape index (κ1) is 32.4. The third-order valence-corrected chi connectivity index (χ3v) is 7.34. The highest BCUT2D eigenvalue weighted by Gasteiger charge is 2.17. The standard InChI is InChI=1S/C36H34O10/c1-39-35(37)28-12-11-27-18-34(32(36(38)40-2)16-30(27)14-28)44-20-24-7-5-23(6-8-24)19-43-33-17-26-10-9-25(21-45-41-3)13-29(26)15-31(33)22-46-42-4/h5-18H,19-22H2,1-4H3. The van der Waals surface area contributed by atoms with Gasteiger partial charge in [0.15, 0.2) is 0 Å². The van der Waals surface area contributed by atoms with Gasteiger partial charge in [0.25, 0.3) is 0 Å². The zero-order valence-electron chi connectivity index (χ0n) is 26.0. The Morgan fingerprint density at radius 2 is 1.07 bits per heavy atom. The highest BCUT2D eigenvalue weighted by molar-refractivity contribution is 6.01. The molecule has 0 amide bonds. The number of esters is 2. The monoisotopic (exact) mass is 626 g/mol. The molecule has 0 N–H and O–H groups in total. The normalized spacial score (nSPS) is 11.0. The maximum atomic E-state index is 12.6. The molecule has 0 spiro atoms. The largest absolute Gasteiger partial charge is 0.489 e. The molecule has 0 aromatic heterocycles. The molecule has 0 fully saturated rings. The van der Waals surface area contributed by atoms with E-state index >= 15 is 0 Å². The van der Waals surface area contributed by atoms with Crippen LogP contribution in [0.5, 0.6) is 11.5 Å². The van der Waals surface area contributed by atoms with Crippen LogP contribution in [0.15, 0.2) is 84.9 Å². The van der Waals surface area contributed by atoms with Gasteiger partial charge in [-0.3, -0.25) is 0 Å². The Labute approximate surface area is 266 Å². The van der Waals surface area contributed by atoms with E-state index in [1.807, 2.05) is 54.6 Å². The predicted octanol–water partition coefficient (Wildman–Crippen LogP) is 6.88. The van der Waals surface area contributed by atoms with Crippen molar-refractivity contribution in [1.82, 2.24) is 0 Å². The average molecular weight is 627 g/mol. The maximum Gasteiger partial charge on any atom is 0.341 e. The summed E-state index contributed by atoms with van der Waals surface area (Å²) in [5, 5.41) is 3.50. The summed E-state index contributed by atoms with van der Waals surface area (Å²) in [4.78, 5) is 44.4. The molecule has 0 atom stereocenters. The highest BCUT2D eigenvalue weighted by Crippen LogP contribution is 2.30. The fraction of sp³-hybridized carbons (Fsp3) is 0.222. The molecule has 10 heteroatoms. The molecule has 0 aliphatic carbocycles. The molecule has 10 nitrogen and oxygen atoms in total. The fourth-order valence-electron chi connectivity index (χ4n) is 4.92. The van der Waals surface area contributed by atoms with Crippen molar-refractivity contribution in [3.05, 3.63) is 118 Å². The summed E-state index contributed by atoms with van der Waals surface area (Å²) < 4.78 is 22.1. The molecule has 238 valence electrons. The van der Waals surface area contributed by atoms with Crippen molar-refractivity contribution in [2.75, 3.05) is 28.4 Å². The van der Waals surface area contributed by atoms with Crippen LogP contribution in [0.4, 0.5) is 0 Å². The number of benzene rings is 5. The molecule has 0 saturated heterocycles. The van der Waals surface area contributed by atoms with E-state index in [1.165, 1.54) is 28.4 Å². The van der Waals surface area contributed by atoms with E-state index in [-0.39, 0.29) is 18.8 Å². The van der Waals surface area contributed by atoms with E-state index in [2.05, 4.69) is 0 Å². The molecular formula is C36H34O10. The first-order valence-electron chi connectivity index (χ1n) is 14.4. The maximum absolute atomic E-state index is 12.6. The number of carbonyl (C=O) groups excluding carboxylic acids is 2. The highest BCUT2D eigenvalue weighted by atomic mass is 17.2. The molecular weight excluding hydrogens is 592 g/mol. The minimum Gasteiger partial charge on any atom is -0.489 e. The second-order valence-corrected chi connectivity index (χ2v) is 10.3. The average Bonchev–Trinajstić information content (AvgIpc) is 3.10. The summed E-state index contributed by atoms with van der Waals surface area (Å²) in [6.45, 7) is 1.10. The first-order valence-corrected chi connectivity index (χ1v) is 14.4. The van der Waals surface area contributed by atoms with Crippen LogP contribution >= 0.6 is 0 Å². The van der Waals surface area contributed by atoms with Gasteiger partial charge >= 0.3 is 11.9 Å². The topological polar surface area (TPSA) is 108 Å². The van der Waals surface area contributed by atoms with E-state index in [0.29, 0.717) is 35.7 Å². The van der Waals surface area contributed by atoms with E-state index in [9.17, 15) is 9.59 Å². The third-order valence-electron chi connectivity index (χ3n) is 7.34. The van der Waals surface area contributed by atoms with E-state index in [1.54, 1.807) is 30.3 Å². The minimum atomic E-state index is -0.544. The van der Waals surface area contributed by atoms with Gasteiger partial charge in [0, 0.05) is 5.56 Å². The van der Waals surface area contributed by atoms with Crippen molar-refractivity contribution in [2.45, 2.75) is 26.4 Å². The lowest BCUT2D eigenvalue weighted by atomic mass is 10.0. The van der Waals surface area contributed by atoms with Crippen molar-refractivity contribution >= 4 is 33.5 Å². The number of rotatable bonds is 14. The van der Waals surface area contributed by atoms with Crippen LogP contribution in [0.3, 0.4) is 0 Å². The van der Waals surface area contributed by atoms with Crippen molar-refractivity contribution in [3.8, 4) is 11.5 Å². The van der Waals surface area contributed by atoms with Gasteiger partial charge in [-0.2, -0.15) is 0 Å². The molecule has 46 heavy (non-hydrogen) atoms. The smallest absolute Gasteiger partial charge is 0.341 e. The summed E-state index contributed by atoms with van der Waals surface area (Å²) in [5.74, 6) is 0.0514. The molecule has 0 heterocycles. The Hall–Kier alpha value is -5.00. The summed E-state index contributed by atoms with van der Waals surface area (Å²) in [5.41, 5.74) is 4.30. The second-order valence-electron chi connectivity index (χ2n) is 10.3. The van der Waals surface area contributed by atoms with Crippen LogP contribution in [-0.4, -0.2) is 40.4 Å². The lowest BCUT2D eigenvalue weighted by molar-refractivity contribution is -0.282. The fourth-order valence-corrected chi connectivity index (χ4v) is 4.92. The van der Waals surface area contributed by atoms with Crippen LogP contribution in [0.25, 0.3) is 21.5 Å². The number of hydrogen-bond donors (Lipinski definition) is 0. The Kier molecular flexibility index (Phi) is 10.8. The minimum absolute atomic E-state index is 0.214. The molecule has 0 bridgehead atoms. The molecule has 5 rings (SSSR count). The SMILES string of the molecule is COOCc1ccc2cc(OCc3ccc(COc4cc5ccc(C(=O)OC)cc5cc4C(=O)OC)cc3)c(COOC)cc2c1. The Balaban J connectivity index is 1.28. The molecule has 5 aromatic rings. The zero-order valence-corrected chi connectivity index (χ0v) is 26.0. The number of fused-ring (bicyclic) bond motifs is 2. The van der Waals surface area contributed by atoms with Crippen LogP contribution < -0.4 is 9.47 Å². The Morgan fingerprint density at radius 3 is 1.72 bits per heavy atom. The van der Waals surface area contributed by atoms with Crippen LogP contribution in [-0.2, 0) is 55.5 Å². The summed E-state index contributed by atoms with van der Waals surface area (Å²) in [7, 11) is 5.57. The van der Waals surface area contributed by atoms with E-state index in [4.69, 9.17) is 38.5 Å². The first-order chi connectivity index (χ1) is 22.4. The second kappa shape index (κ2) is 15.3. The molecule has 0 saturated carbocycles. The van der Waals surface area contributed by atoms with Gasteiger partial charge in [-0.15, -0.1) is 0 Å². The van der Waals surface area contributed by atoms with Crippen molar-refractivity contribution in [1.29, 1.82) is 0 Å². The molecule has 0 radical (unpaired) electrons. The number of hydrogen-bond acceptors (Lipinski definition) is 10. The van der Waals surface area contributed by atoms with Gasteiger partial charge < -0.3 is 18.9 Å². The Morgan fingerprint density at radius 1 is 0.500 bits per heavy atom. The molecule has 5 aromatic carbocycles. The van der Waals surface area contributed by atoms with Gasteiger partial charge in [0.2, 0.25) is 0 Å². The zero-order chi connectivity index (χ0) is 32.5. The molecule has 0 aliphatic rings. The van der Waals surface area contributed by atoms with Crippen molar-refractivity contribution in [2.24, 2.45) is 0 Å². The summed E-state index contributed by atoms with van der Waals surface area (Å²) in [6.07, 6.45) is 0. The van der Waals surface area contributed by atoms with Gasteiger partial charge in [0.05, 0.1) is 34.0 Å². The van der Waals surface area contributed by atoms with Crippen molar-refractivity contribution < 1.29 is 48.1 Å². The van der Waals surface area contributed by atoms with Crippen LogP contribution in [0.2, 0.25) is 0 Å². The van der Waals surface area contributed by atoms with Gasteiger partial charge in [-0.1, -0.05) is 42.5 Å².